The van der Waals surface area contributed by atoms with Crippen molar-refractivity contribution < 1.29 is 8.78 Å². The van der Waals surface area contributed by atoms with E-state index in [1.165, 1.54) is 32.1 Å². The van der Waals surface area contributed by atoms with Gasteiger partial charge in [-0.05, 0) is 13.0 Å². The summed E-state index contributed by atoms with van der Waals surface area (Å²) >= 11 is 0. The van der Waals surface area contributed by atoms with Crippen molar-refractivity contribution in [2.45, 2.75) is 57.8 Å². The Balaban J connectivity index is 1.92. The maximum absolute atomic E-state index is 12.8. The van der Waals surface area contributed by atoms with Crippen LogP contribution in [-0.4, -0.2) is 36.9 Å². The van der Waals surface area contributed by atoms with Crippen LogP contribution in [0.25, 0.3) is 0 Å². The Morgan fingerprint density at radius 2 is 1.47 bits per heavy atom. The Kier molecular flexibility index (Phi) is 6.15. The predicted octanol–water partition coefficient (Wildman–Crippen LogP) is 3.34. The first-order valence-corrected chi connectivity index (χ1v) is 6.24. The average Bonchev–Trinajstić information content (AvgIpc) is 2.52. The molecule has 0 aromatic rings. The summed E-state index contributed by atoms with van der Waals surface area (Å²) in [5.41, 5.74) is 0. The van der Waals surface area contributed by atoms with Gasteiger partial charge in [0.1, 0.15) is 12.3 Å². The van der Waals surface area contributed by atoms with Crippen LogP contribution in [0.5, 0.6) is 0 Å². The molecule has 1 fully saturated rings. The van der Waals surface area contributed by atoms with E-state index in [9.17, 15) is 8.78 Å². The minimum absolute atomic E-state index is 0.302. The second-order valence-corrected chi connectivity index (χ2v) is 4.56. The maximum atomic E-state index is 12.8. The normalized spacial score (nSPS) is 27.4. The molecule has 15 heavy (non-hydrogen) atoms. The second kappa shape index (κ2) is 7.15. The lowest BCUT2D eigenvalue weighted by atomic mass is 10.1. The van der Waals surface area contributed by atoms with E-state index in [0.717, 1.165) is 13.0 Å². The summed E-state index contributed by atoms with van der Waals surface area (Å²) in [7, 11) is 0. The van der Waals surface area contributed by atoms with Crippen LogP contribution < -0.4 is 0 Å². The van der Waals surface area contributed by atoms with Crippen molar-refractivity contribution in [3.8, 4) is 0 Å². The highest BCUT2D eigenvalue weighted by Gasteiger charge is 2.31. The first kappa shape index (κ1) is 12.9. The van der Waals surface area contributed by atoms with E-state index in [4.69, 9.17) is 0 Å². The van der Waals surface area contributed by atoms with Gasteiger partial charge in [0.25, 0.3) is 0 Å². The third-order valence-corrected chi connectivity index (χ3v) is 3.09. The lowest BCUT2D eigenvalue weighted by molar-refractivity contribution is 0.217. The van der Waals surface area contributed by atoms with Crippen LogP contribution in [0.2, 0.25) is 0 Å². The molecule has 1 saturated heterocycles. The summed E-state index contributed by atoms with van der Waals surface area (Å²) in [5.74, 6) is 0. The Bertz CT molecular complexity index is 154. The molecule has 0 aromatic heterocycles. The summed E-state index contributed by atoms with van der Waals surface area (Å²) in [6.45, 7) is 3.67. The van der Waals surface area contributed by atoms with Crippen molar-refractivity contribution in [1.29, 1.82) is 0 Å². The molecule has 0 amide bonds. The zero-order valence-corrected chi connectivity index (χ0v) is 9.72. The fraction of sp³-hybridized carbons (Fsp3) is 1.00. The standard InChI is InChI=1S/C12H23F2N/c1-2-3-4-5-6-7-8-15-9-11(13)12(14)10-15/h11-12H,2-10H2,1H3/t11-,12-/m0/s1. The zero-order valence-electron chi connectivity index (χ0n) is 9.72. The van der Waals surface area contributed by atoms with Gasteiger partial charge in [0.15, 0.2) is 0 Å². The number of hydrogen-bond acceptors (Lipinski definition) is 1. The molecule has 1 heterocycles. The topological polar surface area (TPSA) is 3.24 Å². The van der Waals surface area contributed by atoms with E-state index in [1.807, 2.05) is 4.90 Å². The van der Waals surface area contributed by atoms with Crippen molar-refractivity contribution in [2.75, 3.05) is 19.6 Å². The van der Waals surface area contributed by atoms with Gasteiger partial charge >= 0.3 is 0 Å². The predicted molar refractivity (Wildman–Crippen MR) is 59.6 cm³/mol. The highest BCUT2D eigenvalue weighted by Crippen LogP contribution is 2.17. The Labute approximate surface area is 91.8 Å². The van der Waals surface area contributed by atoms with Crippen LogP contribution in [0.3, 0.4) is 0 Å². The summed E-state index contributed by atoms with van der Waals surface area (Å²) in [4.78, 5) is 1.91. The molecule has 3 heteroatoms. The maximum Gasteiger partial charge on any atom is 0.145 e. The number of alkyl halides is 2. The number of halogens is 2. The molecule has 1 rings (SSSR count). The fourth-order valence-electron chi connectivity index (χ4n) is 2.09. The van der Waals surface area contributed by atoms with Crippen LogP contribution in [-0.2, 0) is 0 Å². The van der Waals surface area contributed by atoms with Gasteiger partial charge < -0.3 is 0 Å². The van der Waals surface area contributed by atoms with Gasteiger partial charge in [-0.2, -0.15) is 0 Å². The van der Waals surface area contributed by atoms with Crippen LogP contribution in [0.15, 0.2) is 0 Å². The van der Waals surface area contributed by atoms with Gasteiger partial charge in [-0.25, -0.2) is 8.78 Å². The van der Waals surface area contributed by atoms with E-state index in [-0.39, 0.29) is 0 Å². The van der Waals surface area contributed by atoms with Crippen molar-refractivity contribution >= 4 is 0 Å². The lowest BCUT2D eigenvalue weighted by Crippen LogP contribution is -2.22. The molecule has 1 aliphatic rings. The Morgan fingerprint density at radius 3 is 2.07 bits per heavy atom. The number of nitrogens with zero attached hydrogens (tertiary/aromatic N) is 1. The molecule has 0 unspecified atom stereocenters. The number of hydrogen-bond donors (Lipinski definition) is 0. The molecule has 0 spiro atoms. The quantitative estimate of drug-likeness (QED) is 0.594. The first-order chi connectivity index (χ1) is 7.24. The minimum atomic E-state index is -1.25. The highest BCUT2D eigenvalue weighted by atomic mass is 19.2. The molecule has 0 saturated carbocycles. The highest BCUT2D eigenvalue weighted by molar-refractivity contribution is 4.83. The largest absolute Gasteiger partial charge is 0.297 e. The SMILES string of the molecule is CCCCCCCCN1C[C@H](F)[C@@H](F)C1. The molecule has 0 radical (unpaired) electrons. The number of unbranched alkanes of at least 4 members (excludes halogenated alkanes) is 5. The summed E-state index contributed by atoms with van der Waals surface area (Å²) < 4.78 is 25.7. The van der Waals surface area contributed by atoms with Crippen molar-refractivity contribution in [2.24, 2.45) is 0 Å². The molecular weight excluding hydrogens is 196 g/mol. The zero-order chi connectivity index (χ0) is 11.1. The molecule has 1 nitrogen and oxygen atoms in total. The molecule has 0 bridgehead atoms. The molecular formula is C12H23F2N. The van der Waals surface area contributed by atoms with E-state index in [1.54, 1.807) is 0 Å². The van der Waals surface area contributed by atoms with Crippen LogP contribution in [0, 0.1) is 0 Å². The van der Waals surface area contributed by atoms with Crippen LogP contribution in [0.4, 0.5) is 8.78 Å². The average molecular weight is 219 g/mol. The number of rotatable bonds is 7. The number of likely N-dealkylation sites (tertiary alicyclic amines) is 1. The van der Waals surface area contributed by atoms with E-state index >= 15 is 0 Å². The Hall–Kier alpha value is -0.180. The first-order valence-electron chi connectivity index (χ1n) is 6.24. The third-order valence-electron chi connectivity index (χ3n) is 3.09. The van der Waals surface area contributed by atoms with Crippen molar-refractivity contribution in [3.63, 3.8) is 0 Å². The van der Waals surface area contributed by atoms with Gasteiger partial charge in [0, 0.05) is 13.1 Å². The van der Waals surface area contributed by atoms with Crippen molar-refractivity contribution in [3.05, 3.63) is 0 Å². The minimum Gasteiger partial charge on any atom is -0.297 e. The monoisotopic (exact) mass is 219 g/mol. The van der Waals surface area contributed by atoms with E-state index in [2.05, 4.69) is 6.92 Å². The second-order valence-electron chi connectivity index (χ2n) is 4.56. The molecule has 2 atom stereocenters. The molecule has 90 valence electrons. The molecule has 0 N–H and O–H groups in total. The van der Waals surface area contributed by atoms with Gasteiger partial charge in [-0.1, -0.05) is 39.0 Å². The molecule has 0 aliphatic carbocycles. The molecule has 0 aromatic carbocycles. The van der Waals surface area contributed by atoms with E-state index < -0.39 is 12.3 Å². The smallest absolute Gasteiger partial charge is 0.145 e. The van der Waals surface area contributed by atoms with Gasteiger partial charge in [0.2, 0.25) is 0 Å². The Morgan fingerprint density at radius 1 is 0.933 bits per heavy atom. The van der Waals surface area contributed by atoms with Crippen molar-refractivity contribution in [1.82, 2.24) is 4.90 Å². The molecule has 1 aliphatic heterocycles. The lowest BCUT2D eigenvalue weighted by Gasteiger charge is -2.13. The van der Waals surface area contributed by atoms with Gasteiger partial charge in [-0.15, -0.1) is 0 Å². The fourth-order valence-corrected chi connectivity index (χ4v) is 2.09. The summed E-state index contributed by atoms with van der Waals surface area (Å²) in [6.07, 6.45) is 4.93. The summed E-state index contributed by atoms with van der Waals surface area (Å²) in [6, 6.07) is 0. The van der Waals surface area contributed by atoms with Crippen LogP contribution in [0.1, 0.15) is 45.4 Å². The van der Waals surface area contributed by atoms with Gasteiger partial charge in [-0.3, -0.25) is 4.90 Å². The van der Waals surface area contributed by atoms with Crippen LogP contribution >= 0.6 is 0 Å². The van der Waals surface area contributed by atoms with E-state index in [0.29, 0.717) is 13.1 Å². The van der Waals surface area contributed by atoms with Gasteiger partial charge in [0.05, 0.1) is 0 Å². The third kappa shape index (κ3) is 4.92. The summed E-state index contributed by atoms with van der Waals surface area (Å²) in [5, 5.41) is 0.